The second-order valence-corrected chi connectivity index (χ2v) is 3.67. The zero-order chi connectivity index (χ0) is 8.60. The minimum absolute atomic E-state index is 0.241. The fraction of sp³-hybridized carbons (Fsp3) is 0.400. The van der Waals surface area contributed by atoms with Crippen LogP contribution in [0.3, 0.4) is 0 Å². The zero-order valence-electron chi connectivity index (χ0n) is 7.08. The van der Waals surface area contributed by atoms with E-state index < -0.39 is 0 Å². The van der Waals surface area contributed by atoms with E-state index in [4.69, 9.17) is 0 Å². The van der Waals surface area contributed by atoms with Gasteiger partial charge in [0.05, 0.1) is 0 Å². The van der Waals surface area contributed by atoms with E-state index >= 15 is 0 Å². The van der Waals surface area contributed by atoms with Crippen LogP contribution in [0.25, 0.3) is 0 Å². The zero-order valence-corrected chi connectivity index (χ0v) is 7.08. The minimum Gasteiger partial charge on any atom is -0.145 e. The first kappa shape index (κ1) is 7.47. The van der Waals surface area contributed by atoms with Crippen molar-refractivity contribution in [3.8, 4) is 0 Å². The SMILES string of the molecule is CC1(c2ccccc2N=O)CC1. The third-order valence-corrected chi connectivity index (χ3v) is 2.65. The molecule has 0 amide bonds. The van der Waals surface area contributed by atoms with Crippen molar-refractivity contribution in [1.82, 2.24) is 0 Å². The molecule has 0 aliphatic heterocycles. The van der Waals surface area contributed by atoms with Gasteiger partial charge in [0, 0.05) is 0 Å². The lowest BCUT2D eigenvalue weighted by Crippen LogP contribution is -1.98. The fourth-order valence-electron chi connectivity index (χ4n) is 1.52. The summed E-state index contributed by atoms with van der Waals surface area (Å²) in [4.78, 5) is 10.5. The highest BCUT2D eigenvalue weighted by Gasteiger charge is 2.40. The second kappa shape index (κ2) is 2.41. The molecular weight excluding hydrogens is 150 g/mol. The molecule has 2 rings (SSSR count). The molecule has 1 saturated carbocycles. The topological polar surface area (TPSA) is 29.4 Å². The van der Waals surface area contributed by atoms with Gasteiger partial charge in [0.25, 0.3) is 0 Å². The first-order valence-corrected chi connectivity index (χ1v) is 4.19. The molecule has 0 atom stereocenters. The molecule has 1 fully saturated rings. The fourth-order valence-corrected chi connectivity index (χ4v) is 1.52. The number of nitroso groups, excluding NO2 is 1. The molecule has 1 aliphatic carbocycles. The van der Waals surface area contributed by atoms with Gasteiger partial charge in [-0.3, -0.25) is 0 Å². The number of rotatable bonds is 2. The summed E-state index contributed by atoms with van der Waals surface area (Å²) in [6.45, 7) is 2.18. The summed E-state index contributed by atoms with van der Waals surface area (Å²) in [5.41, 5.74) is 1.96. The first-order chi connectivity index (χ1) is 5.76. The Kier molecular flexibility index (Phi) is 1.50. The Bertz CT molecular complexity index is 315. The van der Waals surface area contributed by atoms with Crippen LogP contribution in [-0.2, 0) is 5.41 Å². The molecule has 2 nitrogen and oxygen atoms in total. The Morgan fingerprint density at radius 2 is 2.00 bits per heavy atom. The van der Waals surface area contributed by atoms with E-state index in [1.165, 1.54) is 12.8 Å². The molecule has 0 aromatic heterocycles. The molecule has 0 N–H and O–H groups in total. The summed E-state index contributed by atoms with van der Waals surface area (Å²) < 4.78 is 0. The number of hydrogen-bond donors (Lipinski definition) is 0. The van der Waals surface area contributed by atoms with Crippen LogP contribution in [0.1, 0.15) is 25.3 Å². The number of benzene rings is 1. The first-order valence-electron chi connectivity index (χ1n) is 4.19. The molecule has 0 heterocycles. The molecule has 1 aromatic carbocycles. The summed E-state index contributed by atoms with van der Waals surface area (Å²) >= 11 is 0. The molecular formula is C10H11NO. The molecule has 12 heavy (non-hydrogen) atoms. The maximum atomic E-state index is 10.5. The average Bonchev–Trinajstić information content (AvgIpc) is 2.85. The Labute approximate surface area is 71.6 Å². The van der Waals surface area contributed by atoms with Crippen LogP contribution in [0, 0.1) is 4.91 Å². The van der Waals surface area contributed by atoms with Crippen molar-refractivity contribution in [3.63, 3.8) is 0 Å². The van der Waals surface area contributed by atoms with Gasteiger partial charge >= 0.3 is 0 Å². The Hall–Kier alpha value is -1.18. The molecule has 0 saturated heterocycles. The number of nitrogens with zero attached hydrogens (tertiary/aromatic N) is 1. The smallest absolute Gasteiger partial charge is 0.111 e. The Balaban J connectivity index is 2.48. The third-order valence-electron chi connectivity index (χ3n) is 2.65. The van der Waals surface area contributed by atoms with Gasteiger partial charge in [-0.25, -0.2) is 0 Å². The average molecular weight is 161 g/mol. The predicted molar refractivity (Wildman–Crippen MR) is 48.5 cm³/mol. The van der Waals surface area contributed by atoms with E-state index in [9.17, 15) is 4.91 Å². The van der Waals surface area contributed by atoms with Crippen LogP contribution in [0.5, 0.6) is 0 Å². The lowest BCUT2D eigenvalue weighted by Gasteiger charge is -2.09. The number of hydrogen-bond acceptors (Lipinski definition) is 2. The standard InChI is InChI=1S/C10H11NO/c1-10(6-7-10)8-4-2-3-5-9(8)11-12/h2-5H,6-7H2,1H3. The van der Waals surface area contributed by atoms with Crippen molar-refractivity contribution in [3.05, 3.63) is 34.7 Å². The second-order valence-electron chi connectivity index (χ2n) is 3.67. The minimum atomic E-state index is 0.241. The molecule has 0 spiro atoms. The van der Waals surface area contributed by atoms with Crippen LogP contribution in [0.2, 0.25) is 0 Å². The van der Waals surface area contributed by atoms with Crippen molar-refractivity contribution in [2.45, 2.75) is 25.2 Å². The van der Waals surface area contributed by atoms with Crippen LogP contribution >= 0.6 is 0 Å². The van der Waals surface area contributed by atoms with Gasteiger partial charge in [-0.05, 0) is 35.1 Å². The van der Waals surface area contributed by atoms with E-state index in [-0.39, 0.29) is 5.41 Å². The van der Waals surface area contributed by atoms with Gasteiger partial charge in [-0.15, -0.1) is 4.91 Å². The lowest BCUT2D eigenvalue weighted by molar-refractivity contribution is 0.788. The molecule has 1 aliphatic rings. The van der Waals surface area contributed by atoms with Crippen LogP contribution < -0.4 is 0 Å². The third kappa shape index (κ3) is 1.04. The summed E-state index contributed by atoms with van der Waals surface area (Å²) in [6, 6.07) is 7.61. The van der Waals surface area contributed by atoms with E-state index in [0.29, 0.717) is 5.69 Å². The van der Waals surface area contributed by atoms with Crippen LogP contribution in [-0.4, -0.2) is 0 Å². The highest BCUT2D eigenvalue weighted by atomic mass is 16.3. The van der Waals surface area contributed by atoms with E-state index in [1.807, 2.05) is 18.2 Å². The maximum Gasteiger partial charge on any atom is 0.111 e. The van der Waals surface area contributed by atoms with Gasteiger partial charge in [0.1, 0.15) is 5.69 Å². The normalized spacial score (nSPS) is 18.8. The van der Waals surface area contributed by atoms with E-state index in [2.05, 4.69) is 12.1 Å². The highest BCUT2D eigenvalue weighted by molar-refractivity contribution is 5.51. The summed E-state index contributed by atoms with van der Waals surface area (Å²) in [6.07, 6.45) is 2.36. The molecule has 1 aromatic rings. The van der Waals surface area contributed by atoms with Crippen molar-refractivity contribution >= 4 is 5.69 Å². The van der Waals surface area contributed by atoms with Gasteiger partial charge in [-0.1, -0.05) is 25.1 Å². The molecule has 62 valence electrons. The molecule has 2 heteroatoms. The monoisotopic (exact) mass is 161 g/mol. The van der Waals surface area contributed by atoms with Crippen molar-refractivity contribution in [2.24, 2.45) is 5.18 Å². The predicted octanol–water partition coefficient (Wildman–Crippen LogP) is 3.14. The Morgan fingerprint density at radius 3 is 2.58 bits per heavy atom. The molecule has 0 bridgehead atoms. The summed E-state index contributed by atoms with van der Waals surface area (Å²) in [7, 11) is 0. The van der Waals surface area contributed by atoms with Crippen LogP contribution in [0.4, 0.5) is 5.69 Å². The van der Waals surface area contributed by atoms with Crippen molar-refractivity contribution in [1.29, 1.82) is 0 Å². The quantitative estimate of drug-likeness (QED) is 0.612. The molecule has 0 unspecified atom stereocenters. The van der Waals surface area contributed by atoms with E-state index in [1.54, 1.807) is 6.07 Å². The summed E-state index contributed by atoms with van der Waals surface area (Å²) in [5, 5.41) is 3.03. The Morgan fingerprint density at radius 1 is 1.33 bits per heavy atom. The molecule has 0 radical (unpaired) electrons. The van der Waals surface area contributed by atoms with Gasteiger partial charge < -0.3 is 0 Å². The van der Waals surface area contributed by atoms with E-state index in [0.717, 1.165) is 5.56 Å². The summed E-state index contributed by atoms with van der Waals surface area (Å²) in [5.74, 6) is 0. The van der Waals surface area contributed by atoms with Gasteiger partial charge in [0.15, 0.2) is 0 Å². The van der Waals surface area contributed by atoms with Crippen molar-refractivity contribution in [2.75, 3.05) is 0 Å². The van der Waals surface area contributed by atoms with Crippen molar-refractivity contribution < 1.29 is 0 Å². The maximum absolute atomic E-state index is 10.5. The van der Waals surface area contributed by atoms with Crippen LogP contribution in [0.15, 0.2) is 29.4 Å². The lowest BCUT2D eigenvalue weighted by atomic mass is 9.97. The van der Waals surface area contributed by atoms with Gasteiger partial charge in [0.2, 0.25) is 0 Å². The largest absolute Gasteiger partial charge is 0.145 e. The highest BCUT2D eigenvalue weighted by Crippen LogP contribution is 2.50. The van der Waals surface area contributed by atoms with Gasteiger partial charge in [-0.2, -0.15) is 0 Å².